The Morgan fingerprint density at radius 3 is 2.80 bits per heavy atom. The van der Waals surface area contributed by atoms with Crippen molar-refractivity contribution in [3.05, 3.63) is 46.4 Å². The highest BCUT2D eigenvalue weighted by atomic mass is 16.2. The normalized spacial score (nSPS) is 10.7. The molecule has 20 heavy (non-hydrogen) atoms. The maximum atomic E-state index is 12.0. The van der Waals surface area contributed by atoms with Crippen molar-refractivity contribution in [2.24, 2.45) is 0 Å². The van der Waals surface area contributed by atoms with Crippen molar-refractivity contribution in [2.45, 2.75) is 32.6 Å². The zero-order valence-corrected chi connectivity index (χ0v) is 11.7. The minimum absolute atomic E-state index is 0.218. The molecule has 2 N–H and O–H groups in total. The van der Waals surface area contributed by atoms with Crippen LogP contribution in [0.2, 0.25) is 0 Å². The summed E-state index contributed by atoms with van der Waals surface area (Å²) in [6.07, 6.45) is 4.44. The van der Waals surface area contributed by atoms with Gasteiger partial charge in [-0.25, -0.2) is 0 Å². The topological polar surface area (TPSA) is 62.0 Å². The number of aromatic nitrogens is 1. The van der Waals surface area contributed by atoms with Gasteiger partial charge in [-0.1, -0.05) is 44.4 Å². The van der Waals surface area contributed by atoms with Crippen molar-refractivity contribution in [1.29, 1.82) is 0 Å². The molecule has 0 saturated heterocycles. The van der Waals surface area contributed by atoms with Crippen molar-refractivity contribution in [1.82, 2.24) is 10.3 Å². The number of fused-ring (bicyclic) bond motifs is 1. The van der Waals surface area contributed by atoms with E-state index < -0.39 is 0 Å². The number of aromatic amines is 1. The van der Waals surface area contributed by atoms with Crippen LogP contribution in [0.4, 0.5) is 0 Å². The predicted octanol–water partition coefficient (Wildman–Crippen LogP) is 2.84. The van der Waals surface area contributed by atoms with Crippen LogP contribution in [0.3, 0.4) is 0 Å². The van der Waals surface area contributed by atoms with Gasteiger partial charge in [-0.05, 0) is 23.9 Å². The first kappa shape index (κ1) is 14.3. The van der Waals surface area contributed by atoms with E-state index in [0.29, 0.717) is 17.6 Å². The fourth-order valence-electron chi connectivity index (χ4n) is 2.18. The van der Waals surface area contributed by atoms with E-state index >= 15 is 0 Å². The number of rotatable bonds is 6. The van der Waals surface area contributed by atoms with Crippen LogP contribution in [0.5, 0.6) is 0 Å². The third-order valence-electron chi connectivity index (χ3n) is 3.31. The zero-order chi connectivity index (χ0) is 14.4. The Labute approximate surface area is 118 Å². The number of unbranched alkanes of at least 4 members (excludes halogenated alkanes) is 3. The molecule has 1 heterocycles. The van der Waals surface area contributed by atoms with Gasteiger partial charge in [0.1, 0.15) is 5.69 Å². The van der Waals surface area contributed by atoms with E-state index in [1.807, 2.05) is 18.2 Å². The summed E-state index contributed by atoms with van der Waals surface area (Å²) >= 11 is 0. The Kier molecular flexibility index (Phi) is 4.93. The molecule has 0 bridgehead atoms. The molecule has 0 aliphatic heterocycles. The number of H-pyrrole nitrogens is 1. The highest BCUT2D eigenvalue weighted by molar-refractivity contribution is 5.96. The largest absolute Gasteiger partial charge is 0.351 e. The Hall–Kier alpha value is -2.10. The van der Waals surface area contributed by atoms with E-state index in [9.17, 15) is 9.59 Å². The summed E-state index contributed by atoms with van der Waals surface area (Å²) in [5.41, 5.74) is 0.100. The minimum atomic E-state index is -0.223. The molecule has 1 aromatic heterocycles. The van der Waals surface area contributed by atoms with E-state index in [4.69, 9.17) is 0 Å². The molecule has 4 nitrogen and oxygen atoms in total. The summed E-state index contributed by atoms with van der Waals surface area (Å²) in [6, 6.07) is 8.97. The van der Waals surface area contributed by atoms with E-state index in [1.165, 1.54) is 12.8 Å². The van der Waals surface area contributed by atoms with Crippen LogP contribution in [-0.2, 0) is 0 Å². The van der Waals surface area contributed by atoms with Crippen LogP contribution in [0.1, 0.15) is 43.1 Å². The van der Waals surface area contributed by atoms with Gasteiger partial charge in [0.2, 0.25) is 0 Å². The number of carbonyl (C=O) groups is 1. The number of carbonyl (C=O) groups excluding carboxylic acids is 1. The molecule has 0 saturated carbocycles. The van der Waals surface area contributed by atoms with E-state index in [2.05, 4.69) is 17.2 Å². The molecule has 0 spiro atoms. The zero-order valence-electron chi connectivity index (χ0n) is 11.7. The molecular weight excluding hydrogens is 252 g/mol. The average molecular weight is 272 g/mol. The Balaban J connectivity index is 2.05. The van der Waals surface area contributed by atoms with Gasteiger partial charge >= 0.3 is 0 Å². The highest BCUT2D eigenvalue weighted by Gasteiger charge is 2.08. The number of hydrogen-bond donors (Lipinski definition) is 2. The van der Waals surface area contributed by atoms with Crippen LogP contribution < -0.4 is 10.9 Å². The SMILES string of the molecule is CCCCCCNC(=O)c1cc2ccccc2c(=O)[nH]1. The van der Waals surface area contributed by atoms with E-state index in [-0.39, 0.29) is 11.5 Å². The first-order chi connectivity index (χ1) is 9.72. The lowest BCUT2D eigenvalue weighted by Gasteiger charge is -2.06. The van der Waals surface area contributed by atoms with Gasteiger partial charge in [0.25, 0.3) is 11.5 Å². The second-order valence-electron chi connectivity index (χ2n) is 4.92. The van der Waals surface area contributed by atoms with Crippen LogP contribution in [-0.4, -0.2) is 17.4 Å². The van der Waals surface area contributed by atoms with Crippen LogP contribution in [0, 0.1) is 0 Å². The molecule has 2 rings (SSSR count). The Bertz CT molecular complexity index is 646. The molecule has 4 heteroatoms. The maximum absolute atomic E-state index is 12.0. The molecule has 1 amide bonds. The summed E-state index contributed by atoms with van der Waals surface area (Å²) in [4.78, 5) is 26.5. The summed E-state index contributed by atoms with van der Waals surface area (Å²) < 4.78 is 0. The molecule has 0 fully saturated rings. The standard InChI is InChI=1S/C16H20N2O2/c1-2-3-4-7-10-17-16(20)14-11-12-8-5-6-9-13(12)15(19)18-14/h5-6,8-9,11H,2-4,7,10H2,1H3,(H,17,20)(H,18,19). The molecule has 0 unspecified atom stereocenters. The van der Waals surface area contributed by atoms with Gasteiger partial charge < -0.3 is 10.3 Å². The van der Waals surface area contributed by atoms with Crippen molar-refractivity contribution in [3.63, 3.8) is 0 Å². The fourth-order valence-corrected chi connectivity index (χ4v) is 2.18. The lowest BCUT2D eigenvalue weighted by atomic mass is 10.1. The number of nitrogens with one attached hydrogen (secondary N) is 2. The number of amides is 1. The van der Waals surface area contributed by atoms with E-state index in [1.54, 1.807) is 12.1 Å². The van der Waals surface area contributed by atoms with Gasteiger partial charge in [-0.15, -0.1) is 0 Å². The van der Waals surface area contributed by atoms with Crippen molar-refractivity contribution in [2.75, 3.05) is 6.54 Å². The molecule has 0 aliphatic rings. The minimum Gasteiger partial charge on any atom is -0.351 e. The fraction of sp³-hybridized carbons (Fsp3) is 0.375. The smallest absolute Gasteiger partial charge is 0.267 e. The van der Waals surface area contributed by atoms with Crippen molar-refractivity contribution in [3.8, 4) is 0 Å². The molecule has 1 aromatic carbocycles. The van der Waals surface area contributed by atoms with Gasteiger partial charge in [-0.3, -0.25) is 9.59 Å². The maximum Gasteiger partial charge on any atom is 0.267 e. The lowest BCUT2D eigenvalue weighted by Crippen LogP contribution is -2.27. The Morgan fingerprint density at radius 2 is 2.00 bits per heavy atom. The first-order valence-corrected chi connectivity index (χ1v) is 7.12. The second-order valence-corrected chi connectivity index (χ2v) is 4.92. The van der Waals surface area contributed by atoms with Gasteiger partial charge in [0.05, 0.1) is 0 Å². The van der Waals surface area contributed by atoms with Gasteiger partial charge in [0, 0.05) is 11.9 Å². The Morgan fingerprint density at radius 1 is 1.20 bits per heavy atom. The number of hydrogen-bond acceptors (Lipinski definition) is 2. The van der Waals surface area contributed by atoms with Crippen molar-refractivity contribution >= 4 is 16.7 Å². The third-order valence-corrected chi connectivity index (χ3v) is 3.31. The molecule has 0 atom stereocenters. The summed E-state index contributed by atoms with van der Waals surface area (Å²) in [6.45, 7) is 2.80. The molecular formula is C16H20N2O2. The van der Waals surface area contributed by atoms with Gasteiger partial charge in [0.15, 0.2) is 0 Å². The molecule has 0 radical (unpaired) electrons. The molecule has 0 aliphatic carbocycles. The summed E-state index contributed by atoms with van der Waals surface area (Å²) in [5.74, 6) is -0.218. The first-order valence-electron chi connectivity index (χ1n) is 7.12. The van der Waals surface area contributed by atoms with Crippen LogP contribution in [0.25, 0.3) is 10.8 Å². The number of pyridine rings is 1. The number of benzene rings is 1. The van der Waals surface area contributed by atoms with Crippen molar-refractivity contribution < 1.29 is 4.79 Å². The van der Waals surface area contributed by atoms with Gasteiger partial charge in [-0.2, -0.15) is 0 Å². The van der Waals surface area contributed by atoms with Crippen LogP contribution in [0.15, 0.2) is 35.1 Å². The summed E-state index contributed by atoms with van der Waals surface area (Å²) in [7, 11) is 0. The van der Waals surface area contributed by atoms with Crippen LogP contribution >= 0.6 is 0 Å². The monoisotopic (exact) mass is 272 g/mol. The highest BCUT2D eigenvalue weighted by Crippen LogP contribution is 2.09. The second kappa shape index (κ2) is 6.89. The molecule has 106 valence electrons. The van der Waals surface area contributed by atoms with E-state index in [0.717, 1.165) is 18.2 Å². The quantitative estimate of drug-likeness (QED) is 0.794. The average Bonchev–Trinajstić information content (AvgIpc) is 2.47. The predicted molar refractivity (Wildman–Crippen MR) is 81.0 cm³/mol. The lowest BCUT2D eigenvalue weighted by molar-refractivity contribution is 0.0948. The third kappa shape index (κ3) is 3.47. The summed E-state index contributed by atoms with van der Waals surface area (Å²) in [5, 5.41) is 4.23. The molecule has 2 aromatic rings.